The predicted molar refractivity (Wildman–Crippen MR) is 59.7 cm³/mol. The number of nitriles is 1. The Kier molecular flexibility index (Phi) is 3.15. The lowest BCUT2D eigenvalue weighted by molar-refractivity contribution is 0.301. The molecule has 0 aliphatic rings. The molecule has 16 heavy (non-hydrogen) atoms. The van der Waals surface area contributed by atoms with Gasteiger partial charge in [-0.25, -0.2) is 0 Å². The number of nitrogens with zero attached hydrogens (tertiary/aromatic N) is 2. The van der Waals surface area contributed by atoms with Crippen molar-refractivity contribution in [3.63, 3.8) is 0 Å². The molecule has 2 aromatic rings. The standard InChI is InChI=1S/C13H10N2O/c14-9-11-4-3-6-13(8-11)16-10-12-5-1-2-7-15-12/h1-8H,10H2. The fourth-order valence-corrected chi connectivity index (χ4v) is 1.30. The SMILES string of the molecule is N#Cc1cccc(OCc2ccccn2)c1. The van der Waals surface area contributed by atoms with Gasteiger partial charge in [0.15, 0.2) is 0 Å². The first-order chi connectivity index (χ1) is 7.88. The average Bonchev–Trinajstić information content (AvgIpc) is 2.38. The molecule has 1 aromatic heterocycles. The number of pyridine rings is 1. The van der Waals surface area contributed by atoms with E-state index in [1.807, 2.05) is 24.3 Å². The van der Waals surface area contributed by atoms with Crippen molar-refractivity contribution in [2.75, 3.05) is 0 Å². The van der Waals surface area contributed by atoms with Crippen LogP contribution < -0.4 is 4.74 Å². The summed E-state index contributed by atoms with van der Waals surface area (Å²) < 4.78 is 5.52. The van der Waals surface area contributed by atoms with Crippen LogP contribution in [0, 0.1) is 11.3 Å². The molecular weight excluding hydrogens is 200 g/mol. The summed E-state index contributed by atoms with van der Waals surface area (Å²) in [4.78, 5) is 4.15. The number of hydrogen-bond donors (Lipinski definition) is 0. The summed E-state index contributed by atoms with van der Waals surface area (Å²) in [6, 6.07) is 14.8. The highest BCUT2D eigenvalue weighted by Gasteiger charge is 1.97. The fourth-order valence-electron chi connectivity index (χ4n) is 1.30. The number of ether oxygens (including phenoxy) is 1. The molecule has 78 valence electrons. The second-order valence-corrected chi connectivity index (χ2v) is 3.25. The molecule has 0 N–H and O–H groups in total. The lowest BCUT2D eigenvalue weighted by Gasteiger charge is -2.05. The molecule has 0 saturated heterocycles. The molecule has 0 unspecified atom stereocenters. The average molecular weight is 210 g/mol. The second-order valence-electron chi connectivity index (χ2n) is 3.25. The van der Waals surface area contributed by atoms with E-state index < -0.39 is 0 Å². The topological polar surface area (TPSA) is 45.9 Å². The van der Waals surface area contributed by atoms with Gasteiger partial charge >= 0.3 is 0 Å². The van der Waals surface area contributed by atoms with Crippen LogP contribution in [0.5, 0.6) is 5.75 Å². The van der Waals surface area contributed by atoms with Crippen molar-refractivity contribution < 1.29 is 4.74 Å². The minimum Gasteiger partial charge on any atom is -0.487 e. The predicted octanol–water partition coefficient (Wildman–Crippen LogP) is 2.53. The van der Waals surface area contributed by atoms with Crippen molar-refractivity contribution in [3.8, 4) is 11.8 Å². The van der Waals surface area contributed by atoms with Gasteiger partial charge in [0.05, 0.1) is 17.3 Å². The van der Waals surface area contributed by atoms with E-state index in [9.17, 15) is 0 Å². The van der Waals surface area contributed by atoms with Crippen LogP contribution in [0.2, 0.25) is 0 Å². The zero-order valence-electron chi connectivity index (χ0n) is 8.63. The maximum Gasteiger partial charge on any atom is 0.130 e. The van der Waals surface area contributed by atoms with E-state index in [0.717, 1.165) is 5.69 Å². The number of rotatable bonds is 3. The second kappa shape index (κ2) is 4.94. The molecule has 0 aliphatic carbocycles. The normalized spacial score (nSPS) is 9.44. The van der Waals surface area contributed by atoms with E-state index in [1.54, 1.807) is 24.4 Å². The highest BCUT2D eigenvalue weighted by Crippen LogP contribution is 2.13. The van der Waals surface area contributed by atoms with Gasteiger partial charge in [-0.3, -0.25) is 4.98 Å². The summed E-state index contributed by atoms with van der Waals surface area (Å²) in [6.07, 6.45) is 1.73. The lowest BCUT2D eigenvalue weighted by atomic mass is 10.2. The van der Waals surface area contributed by atoms with Crippen molar-refractivity contribution in [1.29, 1.82) is 5.26 Å². The van der Waals surface area contributed by atoms with Gasteiger partial charge in [-0.2, -0.15) is 5.26 Å². The zero-order chi connectivity index (χ0) is 11.2. The molecule has 2 rings (SSSR count). The summed E-state index contributed by atoms with van der Waals surface area (Å²) >= 11 is 0. The molecule has 0 amide bonds. The van der Waals surface area contributed by atoms with E-state index >= 15 is 0 Å². The van der Waals surface area contributed by atoms with Crippen molar-refractivity contribution >= 4 is 0 Å². The lowest BCUT2D eigenvalue weighted by Crippen LogP contribution is -1.97. The van der Waals surface area contributed by atoms with Gasteiger partial charge in [-0.15, -0.1) is 0 Å². The Morgan fingerprint density at radius 3 is 2.88 bits per heavy atom. The molecule has 0 spiro atoms. The van der Waals surface area contributed by atoms with E-state index in [0.29, 0.717) is 17.9 Å². The first-order valence-electron chi connectivity index (χ1n) is 4.91. The maximum atomic E-state index is 8.73. The number of benzene rings is 1. The number of hydrogen-bond acceptors (Lipinski definition) is 3. The van der Waals surface area contributed by atoms with Crippen LogP contribution in [-0.4, -0.2) is 4.98 Å². The van der Waals surface area contributed by atoms with Crippen molar-refractivity contribution in [2.24, 2.45) is 0 Å². The van der Waals surface area contributed by atoms with Crippen molar-refractivity contribution in [2.45, 2.75) is 6.61 Å². The molecule has 3 nitrogen and oxygen atoms in total. The van der Waals surface area contributed by atoms with Crippen LogP contribution >= 0.6 is 0 Å². The molecule has 0 aliphatic heterocycles. The minimum atomic E-state index is 0.412. The smallest absolute Gasteiger partial charge is 0.130 e. The summed E-state index contributed by atoms with van der Waals surface area (Å²) in [7, 11) is 0. The van der Waals surface area contributed by atoms with E-state index in [-0.39, 0.29) is 0 Å². The maximum absolute atomic E-state index is 8.73. The number of aromatic nitrogens is 1. The van der Waals surface area contributed by atoms with E-state index in [1.165, 1.54) is 0 Å². The molecule has 1 aromatic carbocycles. The highest BCUT2D eigenvalue weighted by molar-refractivity contribution is 5.36. The third-order valence-corrected chi connectivity index (χ3v) is 2.08. The molecule has 0 bridgehead atoms. The van der Waals surface area contributed by atoms with Crippen LogP contribution in [0.4, 0.5) is 0 Å². The van der Waals surface area contributed by atoms with Crippen molar-refractivity contribution in [3.05, 3.63) is 59.9 Å². The summed E-state index contributed by atoms with van der Waals surface area (Å²) in [5.41, 5.74) is 1.46. The Bertz CT molecular complexity index is 503. The molecule has 0 fully saturated rings. The first-order valence-corrected chi connectivity index (χ1v) is 4.91. The molecule has 0 atom stereocenters. The van der Waals surface area contributed by atoms with Gasteiger partial charge in [-0.1, -0.05) is 12.1 Å². The van der Waals surface area contributed by atoms with Gasteiger partial charge in [-0.05, 0) is 30.3 Å². The minimum absolute atomic E-state index is 0.412. The van der Waals surface area contributed by atoms with Crippen LogP contribution in [0.3, 0.4) is 0 Å². The summed E-state index contributed by atoms with van der Waals surface area (Å²) in [5, 5.41) is 8.73. The van der Waals surface area contributed by atoms with Crippen LogP contribution in [0.1, 0.15) is 11.3 Å². The van der Waals surface area contributed by atoms with Crippen molar-refractivity contribution in [1.82, 2.24) is 4.98 Å². The first kappa shape index (κ1) is 10.2. The monoisotopic (exact) mass is 210 g/mol. The van der Waals surface area contributed by atoms with Gasteiger partial charge < -0.3 is 4.74 Å². The fraction of sp³-hybridized carbons (Fsp3) is 0.0769. The van der Waals surface area contributed by atoms with Gasteiger partial charge in [0.25, 0.3) is 0 Å². The van der Waals surface area contributed by atoms with Crippen LogP contribution in [0.25, 0.3) is 0 Å². The largest absolute Gasteiger partial charge is 0.487 e. The van der Waals surface area contributed by atoms with Gasteiger partial charge in [0.1, 0.15) is 12.4 Å². The quantitative estimate of drug-likeness (QED) is 0.782. The molecule has 1 heterocycles. The molecule has 0 radical (unpaired) electrons. The zero-order valence-corrected chi connectivity index (χ0v) is 8.63. The third kappa shape index (κ3) is 2.58. The third-order valence-electron chi connectivity index (χ3n) is 2.08. The Balaban J connectivity index is 2.03. The van der Waals surface area contributed by atoms with E-state index in [4.69, 9.17) is 10.00 Å². The molecule has 0 saturated carbocycles. The Morgan fingerprint density at radius 1 is 1.19 bits per heavy atom. The summed E-state index contributed by atoms with van der Waals surface area (Å²) in [5.74, 6) is 0.685. The van der Waals surface area contributed by atoms with Crippen LogP contribution in [-0.2, 0) is 6.61 Å². The van der Waals surface area contributed by atoms with Gasteiger partial charge in [0.2, 0.25) is 0 Å². The Morgan fingerprint density at radius 2 is 2.12 bits per heavy atom. The Hall–Kier alpha value is -2.34. The van der Waals surface area contributed by atoms with Crippen LogP contribution in [0.15, 0.2) is 48.7 Å². The highest BCUT2D eigenvalue weighted by atomic mass is 16.5. The van der Waals surface area contributed by atoms with Gasteiger partial charge in [0, 0.05) is 6.20 Å². The molecule has 3 heteroatoms. The summed E-state index contributed by atoms with van der Waals surface area (Å²) in [6.45, 7) is 0.412. The molecular formula is C13H10N2O. The Labute approximate surface area is 93.9 Å². The van der Waals surface area contributed by atoms with E-state index in [2.05, 4.69) is 11.1 Å².